The van der Waals surface area contributed by atoms with E-state index in [0.717, 1.165) is 15.2 Å². The molecule has 1 aromatic heterocycles. The number of rotatable bonds is 4. The third-order valence-corrected chi connectivity index (χ3v) is 9.21. The molecule has 0 spiro atoms. The van der Waals surface area contributed by atoms with Crippen molar-refractivity contribution in [2.45, 2.75) is 31.9 Å². The zero-order chi connectivity index (χ0) is 17.4. The summed E-state index contributed by atoms with van der Waals surface area (Å²) in [5, 5.41) is 3.93. The molecule has 1 aliphatic carbocycles. The first kappa shape index (κ1) is 17.2. The van der Waals surface area contributed by atoms with Gasteiger partial charge in [-0.3, -0.25) is 0 Å². The van der Waals surface area contributed by atoms with Gasteiger partial charge in [0.05, 0.1) is 0 Å². The van der Waals surface area contributed by atoms with Gasteiger partial charge in [-0.05, 0) is 0 Å². The van der Waals surface area contributed by atoms with Crippen LogP contribution in [0.25, 0.3) is 0 Å². The summed E-state index contributed by atoms with van der Waals surface area (Å²) in [6.07, 6.45) is 5.38. The summed E-state index contributed by atoms with van der Waals surface area (Å²) in [5.74, 6) is 0. The van der Waals surface area contributed by atoms with Gasteiger partial charge in [0.2, 0.25) is 0 Å². The molecule has 126 valence electrons. The van der Waals surface area contributed by atoms with E-state index in [1.165, 1.54) is 21.3 Å². The maximum atomic E-state index is 13.0. The van der Waals surface area contributed by atoms with Gasteiger partial charge in [-0.1, -0.05) is 0 Å². The van der Waals surface area contributed by atoms with Gasteiger partial charge in [0.1, 0.15) is 0 Å². The molecule has 0 aliphatic heterocycles. The molecule has 0 amide bonds. The van der Waals surface area contributed by atoms with Gasteiger partial charge in [0.25, 0.3) is 0 Å². The Morgan fingerprint density at radius 2 is 1.88 bits per heavy atom. The van der Waals surface area contributed by atoms with Crippen molar-refractivity contribution in [2.75, 3.05) is 0 Å². The van der Waals surface area contributed by atoms with Gasteiger partial charge >= 0.3 is 149 Å². The summed E-state index contributed by atoms with van der Waals surface area (Å²) in [7, 11) is -3.58. The number of benzene rings is 1. The third-order valence-electron chi connectivity index (χ3n) is 4.16. The molecule has 24 heavy (non-hydrogen) atoms. The van der Waals surface area contributed by atoms with Crippen molar-refractivity contribution in [3.8, 4) is 0 Å². The minimum atomic E-state index is -3.58. The predicted molar refractivity (Wildman–Crippen MR) is 97.9 cm³/mol. The molecule has 1 heterocycles. The molecule has 0 fully saturated rings. The molecule has 4 nitrogen and oxygen atoms in total. The third kappa shape index (κ3) is 3.02. The van der Waals surface area contributed by atoms with Crippen LogP contribution in [0.3, 0.4) is 0 Å². The summed E-state index contributed by atoms with van der Waals surface area (Å²) < 4.78 is 28.6. The minimum absolute atomic E-state index is 0.183. The molecule has 6 heteroatoms. The van der Waals surface area contributed by atoms with E-state index >= 15 is 0 Å². The van der Waals surface area contributed by atoms with Gasteiger partial charge < -0.3 is 0 Å². The van der Waals surface area contributed by atoms with Crippen molar-refractivity contribution in [1.29, 1.82) is 0 Å². The number of nitrogens with zero attached hydrogens (tertiary/aromatic N) is 2. The summed E-state index contributed by atoms with van der Waals surface area (Å²) in [4.78, 5) is 0. The van der Waals surface area contributed by atoms with Crippen LogP contribution in [0.1, 0.15) is 27.2 Å². The SMILES string of the molecule is CC1=CC(C)(S(=O)(=O)n2cccn2)CC(C)=C1[Se]c1ccccc1. The molecule has 0 N–H and O–H groups in total. The van der Waals surface area contributed by atoms with Crippen LogP contribution in [0.2, 0.25) is 0 Å². The van der Waals surface area contributed by atoms with E-state index < -0.39 is 14.8 Å². The monoisotopic (exact) mass is 408 g/mol. The molecule has 3 rings (SSSR count). The molecular weight excluding hydrogens is 387 g/mol. The molecular formula is C18H20N2O2SSe. The Bertz CT molecular complexity index is 900. The van der Waals surface area contributed by atoms with Gasteiger partial charge in [0.15, 0.2) is 0 Å². The van der Waals surface area contributed by atoms with E-state index in [2.05, 4.69) is 17.2 Å². The van der Waals surface area contributed by atoms with Crippen molar-refractivity contribution in [2.24, 2.45) is 0 Å². The van der Waals surface area contributed by atoms with Crippen LogP contribution >= 0.6 is 0 Å². The molecule has 1 aromatic carbocycles. The second kappa shape index (κ2) is 6.36. The summed E-state index contributed by atoms with van der Waals surface area (Å²) >= 11 is 0.183. The molecule has 2 aromatic rings. The quantitative estimate of drug-likeness (QED) is 0.732. The number of aromatic nitrogens is 2. The van der Waals surface area contributed by atoms with E-state index in [4.69, 9.17) is 0 Å². The predicted octanol–water partition coefficient (Wildman–Crippen LogP) is 2.47. The molecule has 1 aliphatic rings. The topological polar surface area (TPSA) is 52.0 Å². The van der Waals surface area contributed by atoms with Gasteiger partial charge in [-0.2, -0.15) is 0 Å². The fraction of sp³-hybridized carbons (Fsp3) is 0.278. The second-order valence-corrected chi connectivity index (χ2v) is 10.8. The zero-order valence-electron chi connectivity index (χ0n) is 13.9. The van der Waals surface area contributed by atoms with Crippen LogP contribution in [-0.4, -0.2) is 37.3 Å². The van der Waals surface area contributed by atoms with Crippen LogP contribution < -0.4 is 4.46 Å². The van der Waals surface area contributed by atoms with E-state index in [9.17, 15) is 8.42 Å². The van der Waals surface area contributed by atoms with Crippen molar-refractivity contribution in [1.82, 2.24) is 9.19 Å². The summed E-state index contributed by atoms with van der Waals surface area (Å²) in [5.41, 5.74) is 2.21. The van der Waals surface area contributed by atoms with Crippen LogP contribution in [-0.2, 0) is 10.0 Å². The first-order valence-corrected chi connectivity index (χ1v) is 10.9. The Hall–Kier alpha value is -1.62. The first-order valence-electron chi connectivity index (χ1n) is 7.71. The first-order chi connectivity index (χ1) is 11.3. The average Bonchev–Trinajstić information content (AvgIpc) is 3.07. The van der Waals surface area contributed by atoms with E-state index in [0.29, 0.717) is 6.42 Å². The molecule has 0 saturated heterocycles. The normalized spacial score (nSPS) is 21.7. The number of hydrogen-bond acceptors (Lipinski definition) is 3. The Morgan fingerprint density at radius 3 is 2.46 bits per heavy atom. The van der Waals surface area contributed by atoms with Crippen molar-refractivity contribution in [3.63, 3.8) is 0 Å². The van der Waals surface area contributed by atoms with Gasteiger partial charge in [-0.15, -0.1) is 0 Å². The molecule has 1 atom stereocenters. The summed E-state index contributed by atoms with van der Waals surface area (Å²) in [6, 6.07) is 12.0. The fourth-order valence-electron chi connectivity index (χ4n) is 3.07. The standard InChI is InChI=1S/C18H20N2O2SSe/c1-14-12-18(3,23(21,22)20-11-7-10-19-20)13-15(2)17(14)24-16-8-5-4-6-9-16/h4-12H,13H2,1-3H3. The summed E-state index contributed by atoms with van der Waals surface area (Å²) in [6.45, 7) is 5.84. The van der Waals surface area contributed by atoms with E-state index in [-0.39, 0.29) is 15.0 Å². The zero-order valence-corrected chi connectivity index (χ0v) is 16.5. The van der Waals surface area contributed by atoms with Crippen molar-refractivity contribution >= 4 is 29.4 Å². The molecule has 0 bridgehead atoms. The van der Waals surface area contributed by atoms with Crippen LogP contribution in [0.4, 0.5) is 0 Å². The Balaban J connectivity index is 1.95. The van der Waals surface area contributed by atoms with E-state index in [1.54, 1.807) is 13.0 Å². The molecule has 1 unspecified atom stereocenters. The van der Waals surface area contributed by atoms with Crippen LogP contribution in [0.5, 0.6) is 0 Å². The average molecular weight is 407 g/mol. The Labute approximate surface area is 149 Å². The second-order valence-electron chi connectivity index (χ2n) is 6.23. The number of hydrogen-bond donors (Lipinski definition) is 0. The maximum absolute atomic E-state index is 13.0. The molecule has 0 radical (unpaired) electrons. The van der Waals surface area contributed by atoms with Crippen LogP contribution in [0.15, 0.2) is 70.5 Å². The number of allylic oxidation sites excluding steroid dienone is 3. The Morgan fingerprint density at radius 1 is 1.17 bits per heavy atom. The van der Waals surface area contributed by atoms with Crippen LogP contribution in [0, 0.1) is 0 Å². The Kier molecular flexibility index (Phi) is 4.56. The van der Waals surface area contributed by atoms with Gasteiger partial charge in [-0.25, -0.2) is 0 Å². The van der Waals surface area contributed by atoms with Crippen molar-refractivity contribution < 1.29 is 8.42 Å². The van der Waals surface area contributed by atoms with Crippen molar-refractivity contribution in [3.05, 3.63) is 70.5 Å². The fourth-order valence-corrected chi connectivity index (χ4v) is 6.72. The molecule has 0 saturated carbocycles. The van der Waals surface area contributed by atoms with E-state index in [1.807, 2.05) is 38.1 Å². The van der Waals surface area contributed by atoms with Gasteiger partial charge in [0, 0.05) is 0 Å².